The third-order valence-corrected chi connectivity index (χ3v) is 12.8. The van der Waals surface area contributed by atoms with Gasteiger partial charge >= 0.3 is 0 Å². The van der Waals surface area contributed by atoms with Crippen molar-refractivity contribution in [2.24, 2.45) is 0 Å². The summed E-state index contributed by atoms with van der Waals surface area (Å²) in [5.74, 6) is -0.187. The smallest absolute Gasteiger partial charge is 0.268 e. The largest absolute Gasteiger partial charge is 0.456 e. The summed E-state index contributed by atoms with van der Waals surface area (Å²) in [5.41, 5.74) is 6.86. The van der Waals surface area contributed by atoms with Gasteiger partial charge in [-0.25, -0.2) is 13.1 Å². The highest BCUT2D eigenvalue weighted by Gasteiger charge is 2.25. The van der Waals surface area contributed by atoms with Gasteiger partial charge in [-0.2, -0.15) is 0 Å². The van der Waals surface area contributed by atoms with E-state index < -0.39 is 22.0 Å². The first-order chi connectivity index (χ1) is 29.1. The third kappa shape index (κ3) is 10.9. The lowest BCUT2D eigenvalue weighted by atomic mass is 10.0. The molecule has 12 nitrogen and oxygen atoms in total. The molecule has 4 aromatic carbocycles. The van der Waals surface area contributed by atoms with E-state index in [1.807, 2.05) is 30.3 Å². The number of hydrogen-bond acceptors (Lipinski definition) is 10. The van der Waals surface area contributed by atoms with E-state index >= 15 is 0 Å². The molecule has 0 spiro atoms. The number of nitrogens with zero attached hydrogens (tertiary/aromatic N) is 1. The van der Waals surface area contributed by atoms with Crippen molar-refractivity contribution in [3.63, 3.8) is 0 Å². The molecule has 5 aromatic rings. The van der Waals surface area contributed by atoms with Crippen LogP contribution in [0.15, 0.2) is 102 Å². The average Bonchev–Trinajstić information content (AvgIpc) is 3.92. The van der Waals surface area contributed by atoms with Crippen molar-refractivity contribution >= 4 is 61.7 Å². The topological polar surface area (TPSA) is 165 Å². The summed E-state index contributed by atoms with van der Waals surface area (Å²) in [6.07, 6.45) is 7.33. The van der Waals surface area contributed by atoms with Crippen LogP contribution in [0.3, 0.4) is 0 Å². The molecule has 0 radical (unpaired) electrons. The fraction of sp³-hybridized carbons (Fsp3) is 0.348. The highest BCUT2D eigenvalue weighted by molar-refractivity contribution is 7.90. The second-order valence-corrected chi connectivity index (χ2v) is 17.8. The quantitative estimate of drug-likeness (QED) is 0.0358. The van der Waals surface area contributed by atoms with E-state index in [0.717, 1.165) is 74.0 Å². The van der Waals surface area contributed by atoms with Crippen LogP contribution in [0.4, 0.5) is 11.4 Å². The van der Waals surface area contributed by atoms with Crippen LogP contribution in [0.25, 0.3) is 16.5 Å². The van der Waals surface area contributed by atoms with Crippen molar-refractivity contribution in [2.45, 2.75) is 68.4 Å². The van der Waals surface area contributed by atoms with Crippen LogP contribution in [0.2, 0.25) is 5.02 Å². The summed E-state index contributed by atoms with van der Waals surface area (Å²) in [6, 6.07) is 25.2. The Labute approximate surface area is 356 Å². The number of fused-ring (bicyclic) bond motifs is 1. The number of anilines is 2. The Balaban J connectivity index is 1.07. The molecule has 1 atom stereocenters. The predicted molar refractivity (Wildman–Crippen MR) is 239 cm³/mol. The van der Waals surface area contributed by atoms with Gasteiger partial charge in [-0.3, -0.25) is 4.79 Å². The van der Waals surface area contributed by atoms with Gasteiger partial charge in [0.25, 0.3) is 15.9 Å². The lowest BCUT2D eigenvalue weighted by Gasteiger charge is -2.31. The molecule has 1 amide bonds. The maximum absolute atomic E-state index is 14.0. The number of amides is 1. The summed E-state index contributed by atoms with van der Waals surface area (Å²) in [7, 11) is -2.30. The predicted octanol–water partition coefficient (Wildman–Crippen LogP) is 7.76. The van der Waals surface area contributed by atoms with Crippen LogP contribution in [-0.2, 0) is 21.2 Å². The van der Waals surface area contributed by atoms with Crippen LogP contribution >= 0.6 is 11.6 Å². The number of carbonyl (C=O) groups excluding carboxylic acids is 2. The number of hydrogen-bond donors (Lipinski definition) is 6. The Hall–Kier alpha value is -5.18. The van der Waals surface area contributed by atoms with Gasteiger partial charge in [0, 0.05) is 78.1 Å². The first-order valence-corrected chi connectivity index (χ1v) is 22.5. The van der Waals surface area contributed by atoms with Crippen LogP contribution in [0, 0.1) is 0 Å². The highest BCUT2D eigenvalue weighted by atomic mass is 35.5. The lowest BCUT2D eigenvalue weighted by molar-refractivity contribution is -0.108. The number of aromatic amines is 1. The molecule has 1 saturated heterocycles. The van der Waals surface area contributed by atoms with E-state index in [-0.39, 0.29) is 41.5 Å². The second kappa shape index (κ2) is 19.9. The Bertz CT molecular complexity index is 2430. The molecule has 1 unspecified atom stereocenters. The Kier molecular flexibility index (Phi) is 14.3. The molecule has 2 heterocycles. The Morgan fingerprint density at radius 1 is 1.00 bits per heavy atom. The number of halogens is 1. The minimum atomic E-state index is -4.38. The maximum atomic E-state index is 14.0. The molecule has 2 aliphatic rings. The summed E-state index contributed by atoms with van der Waals surface area (Å²) >= 11 is 6.12. The van der Waals surface area contributed by atoms with Crippen molar-refractivity contribution in [1.82, 2.24) is 19.9 Å². The number of piperidine rings is 1. The van der Waals surface area contributed by atoms with Crippen LogP contribution < -0.4 is 25.4 Å². The zero-order valence-electron chi connectivity index (χ0n) is 33.8. The number of aliphatic hydroxyl groups is 1. The van der Waals surface area contributed by atoms with E-state index in [2.05, 4.69) is 49.7 Å². The summed E-state index contributed by atoms with van der Waals surface area (Å²) < 4.78 is 36.5. The van der Waals surface area contributed by atoms with E-state index in [1.54, 1.807) is 36.5 Å². The summed E-state index contributed by atoms with van der Waals surface area (Å²) in [5, 5.41) is 22.8. The number of aliphatic hydroxyl groups excluding tert-OH is 1. The Morgan fingerprint density at radius 3 is 2.62 bits per heavy atom. The number of ether oxygens (including phenoxy) is 1. The molecule has 1 aliphatic carbocycles. The molecule has 6 N–H and O–H groups in total. The minimum absolute atomic E-state index is 0.0303. The van der Waals surface area contributed by atoms with Gasteiger partial charge in [-0.05, 0) is 136 Å². The summed E-state index contributed by atoms with van der Waals surface area (Å²) in [6.45, 7) is 3.91. The van der Waals surface area contributed by atoms with Gasteiger partial charge in [0.05, 0.1) is 16.6 Å². The van der Waals surface area contributed by atoms with Gasteiger partial charge < -0.3 is 40.5 Å². The average molecular weight is 853 g/mol. The molecule has 7 rings (SSSR count). The number of sulfonamides is 1. The molecule has 0 saturated carbocycles. The second-order valence-electron chi connectivity index (χ2n) is 15.6. The number of carbonyl (C=O) groups is 2. The van der Waals surface area contributed by atoms with E-state index in [0.29, 0.717) is 35.8 Å². The van der Waals surface area contributed by atoms with Crippen LogP contribution in [0.5, 0.6) is 11.5 Å². The van der Waals surface area contributed by atoms with Gasteiger partial charge in [-0.1, -0.05) is 35.4 Å². The number of nitrogens with one attached hydrogen (secondary N) is 5. The van der Waals surface area contributed by atoms with Crippen molar-refractivity contribution < 1.29 is 27.9 Å². The summed E-state index contributed by atoms with van der Waals surface area (Å²) in [4.78, 5) is 30.3. The monoisotopic (exact) mass is 852 g/mol. The molecule has 316 valence electrons. The molecule has 0 bridgehead atoms. The Morgan fingerprint density at radius 2 is 1.82 bits per heavy atom. The number of aldehydes is 1. The van der Waals surface area contributed by atoms with Gasteiger partial charge in [0.1, 0.15) is 17.8 Å². The van der Waals surface area contributed by atoms with Gasteiger partial charge in [0.15, 0.2) is 0 Å². The molecular weight excluding hydrogens is 800 g/mol. The van der Waals surface area contributed by atoms with Crippen molar-refractivity contribution in [3.8, 4) is 11.5 Å². The molecule has 1 aliphatic heterocycles. The van der Waals surface area contributed by atoms with Crippen LogP contribution in [-0.4, -0.2) is 87.5 Å². The molecule has 1 fully saturated rings. The normalized spacial score (nSPS) is 15.6. The number of likely N-dealkylation sites (tertiary alicyclic amines) is 1. The number of aromatic nitrogens is 1. The van der Waals surface area contributed by atoms with E-state index in [1.165, 1.54) is 28.8 Å². The SMILES string of the molecule is CN1CCC(Nc2ccc(S(=O)(=O)NC(=O)c3ccc(NCCNCC4=C(c5ccc(Cl)cc5)CCC4)cc3Oc3cccc4[nH]ccc34)cc2CC(O)CCC=O)CC1. The van der Waals surface area contributed by atoms with Crippen molar-refractivity contribution in [3.05, 3.63) is 118 Å². The highest BCUT2D eigenvalue weighted by Crippen LogP contribution is 2.35. The fourth-order valence-corrected chi connectivity index (χ4v) is 9.12. The van der Waals surface area contributed by atoms with Crippen LogP contribution in [0.1, 0.15) is 66.4 Å². The van der Waals surface area contributed by atoms with E-state index in [9.17, 15) is 23.1 Å². The number of allylic oxidation sites excluding steroid dienone is 1. The van der Waals surface area contributed by atoms with E-state index in [4.69, 9.17) is 16.3 Å². The van der Waals surface area contributed by atoms with Gasteiger partial charge in [-0.15, -0.1) is 0 Å². The van der Waals surface area contributed by atoms with Crippen molar-refractivity contribution in [2.75, 3.05) is 50.4 Å². The molecule has 1 aromatic heterocycles. The zero-order chi connectivity index (χ0) is 42.1. The number of rotatable bonds is 19. The first kappa shape index (κ1) is 42.9. The molecule has 14 heteroatoms. The third-order valence-electron chi connectivity index (χ3n) is 11.3. The standard InChI is InChI=1S/C46H53ClN6O6S/c1-53-24-19-35(20-25-53)51-42-17-15-38(28-33(42)27-37(55)6-4-26-54)60(57,58)52-46(56)41-16-14-36(29-45(41)59-44-9-3-8-43-40(44)18-21-50-43)49-23-22-48-30-32-5-2-7-39(32)31-10-12-34(47)13-11-31/h3,8-18,21,26,28-29,35,37,48-51,55H,2,4-7,19-20,22-25,27,30H2,1H3,(H,52,56). The molecular formula is C46H53ClN6O6S. The number of benzene rings is 4. The first-order valence-electron chi connectivity index (χ1n) is 20.6. The maximum Gasteiger partial charge on any atom is 0.268 e. The number of H-pyrrole nitrogens is 1. The lowest BCUT2D eigenvalue weighted by Crippen LogP contribution is -2.37. The van der Waals surface area contributed by atoms with Gasteiger partial charge in [0.2, 0.25) is 0 Å². The van der Waals surface area contributed by atoms with Crippen molar-refractivity contribution in [1.29, 1.82) is 0 Å². The molecule has 60 heavy (non-hydrogen) atoms. The fourth-order valence-electron chi connectivity index (χ4n) is 7.98. The minimum Gasteiger partial charge on any atom is -0.456 e. The zero-order valence-corrected chi connectivity index (χ0v) is 35.4.